The van der Waals surface area contributed by atoms with E-state index in [2.05, 4.69) is 4.74 Å². The minimum absolute atomic E-state index is 0.0744. The van der Waals surface area contributed by atoms with Gasteiger partial charge in [0, 0.05) is 13.1 Å². The van der Waals surface area contributed by atoms with Crippen molar-refractivity contribution < 1.29 is 35.9 Å². The Bertz CT molecular complexity index is 787. The quantitative estimate of drug-likeness (QED) is 0.754. The molecule has 0 radical (unpaired) electrons. The molecule has 144 valence electrons. The number of rotatable bonds is 5. The molecule has 0 unspecified atom stereocenters. The van der Waals surface area contributed by atoms with Crippen molar-refractivity contribution in [3.63, 3.8) is 0 Å². The number of alkyl halides is 3. The van der Waals surface area contributed by atoms with Gasteiger partial charge in [0.15, 0.2) is 6.61 Å². The number of nitrogens with zero attached hydrogens (tertiary/aromatic N) is 1. The van der Waals surface area contributed by atoms with Gasteiger partial charge >= 0.3 is 12.1 Å². The molecule has 0 aliphatic carbocycles. The number of nitrogens with two attached hydrogens (primary N) is 1. The van der Waals surface area contributed by atoms with Crippen LogP contribution in [0.25, 0.3) is 0 Å². The van der Waals surface area contributed by atoms with E-state index in [4.69, 9.17) is 5.73 Å². The average molecular weight is 394 g/mol. The lowest BCUT2D eigenvalue weighted by molar-refractivity contribution is -0.153. The number of sulfonamides is 1. The van der Waals surface area contributed by atoms with Crippen LogP contribution in [0.2, 0.25) is 0 Å². The molecule has 1 aromatic rings. The van der Waals surface area contributed by atoms with Crippen LogP contribution in [0.1, 0.15) is 18.4 Å². The van der Waals surface area contributed by atoms with Gasteiger partial charge in [0.05, 0.1) is 16.4 Å². The first-order valence-corrected chi connectivity index (χ1v) is 9.09. The highest BCUT2D eigenvalue weighted by atomic mass is 32.2. The molecule has 0 spiro atoms. The van der Waals surface area contributed by atoms with Crippen LogP contribution in [-0.4, -0.2) is 44.3 Å². The first-order chi connectivity index (χ1) is 12.0. The number of carbonyl (C=O) groups is 2. The number of benzene rings is 1. The predicted molar refractivity (Wildman–Crippen MR) is 83.1 cm³/mol. The van der Waals surface area contributed by atoms with Crippen molar-refractivity contribution in [3.8, 4) is 0 Å². The molecule has 1 fully saturated rings. The molecule has 2 N–H and O–H groups in total. The van der Waals surface area contributed by atoms with Crippen LogP contribution >= 0.6 is 0 Å². The number of hydrogen-bond acceptors (Lipinski definition) is 5. The van der Waals surface area contributed by atoms with Crippen molar-refractivity contribution in [2.24, 2.45) is 11.7 Å². The third kappa shape index (κ3) is 4.52. The maximum absolute atomic E-state index is 13.1. The molecule has 1 aromatic carbocycles. The van der Waals surface area contributed by atoms with E-state index in [1.165, 1.54) is 6.07 Å². The summed E-state index contributed by atoms with van der Waals surface area (Å²) in [6.07, 6.45) is -4.66. The number of esters is 1. The maximum Gasteiger partial charge on any atom is 0.417 e. The van der Waals surface area contributed by atoms with E-state index in [0.717, 1.165) is 16.4 Å². The van der Waals surface area contributed by atoms with E-state index < -0.39 is 51.1 Å². The van der Waals surface area contributed by atoms with E-state index in [1.54, 1.807) is 0 Å². The molecule has 1 heterocycles. The zero-order valence-electron chi connectivity index (χ0n) is 13.5. The van der Waals surface area contributed by atoms with Crippen molar-refractivity contribution in [2.75, 3.05) is 19.7 Å². The average Bonchev–Trinajstić information content (AvgIpc) is 2.59. The number of piperidine rings is 1. The molecule has 0 aromatic heterocycles. The third-order valence-corrected chi connectivity index (χ3v) is 5.91. The normalized spacial score (nSPS) is 17.0. The van der Waals surface area contributed by atoms with E-state index >= 15 is 0 Å². The first kappa shape index (κ1) is 20.2. The standard InChI is InChI=1S/C15H17F3N2O5S/c16-15(17,18)11-3-1-2-4-12(11)26(23,24)20-7-5-10(6-8-20)14(22)25-9-13(19)21/h1-4,10H,5-9H2,(H2,19,21). The molecule has 1 amide bonds. The van der Waals surface area contributed by atoms with Crippen molar-refractivity contribution in [1.29, 1.82) is 0 Å². The van der Waals surface area contributed by atoms with Gasteiger partial charge in [-0.25, -0.2) is 8.42 Å². The number of hydrogen-bond donors (Lipinski definition) is 1. The topological polar surface area (TPSA) is 107 Å². The van der Waals surface area contributed by atoms with Crippen LogP contribution in [0.4, 0.5) is 13.2 Å². The van der Waals surface area contributed by atoms with Gasteiger partial charge in [-0.05, 0) is 25.0 Å². The Morgan fingerprint density at radius 2 is 1.77 bits per heavy atom. The van der Waals surface area contributed by atoms with Gasteiger partial charge in [0.2, 0.25) is 10.0 Å². The summed E-state index contributed by atoms with van der Waals surface area (Å²) in [4.78, 5) is 21.6. The number of halogens is 3. The van der Waals surface area contributed by atoms with Crippen molar-refractivity contribution >= 4 is 21.9 Å². The second-order valence-electron chi connectivity index (χ2n) is 5.75. The number of primary amides is 1. The molecule has 1 aliphatic heterocycles. The van der Waals surface area contributed by atoms with Gasteiger partial charge in [0.1, 0.15) is 0 Å². The summed E-state index contributed by atoms with van der Waals surface area (Å²) in [5.74, 6) is -2.14. The molecule has 0 atom stereocenters. The Labute approximate surface area is 148 Å². The molecule has 0 bridgehead atoms. The van der Waals surface area contributed by atoms with Crippen LogP contribution < -0.4 is 5.73 Å². The Hall–Kier alpha value is -2.14. The third-order valence-electron chi connectivity index (χ3n) is 3.95. The fourth-order valence-corrected chi connectivity index (χ4v) is 4.34. The lowest BCUT2D eigenvalue weighted by Crippen LogP contribution is -2.41. The molecule has 1 aliphatic rings. The van der Waals surface area contributed by atoms with Crippen LogP contribution in [0.15, 0.2) is 29.2 Å². The van der Waals surface area contributed by atoms with Gasteiger partial charge in [-0.3, -0.25) is 9.59 Å². The van der Waals surface area contributed by atoms with Crippen molar-refractivity contribution in [2.45, 2.75) is 23.9 Å². The SMILES string of the molecule is NC(=O)COC(=O)C1CCN(S(=O)(=O)c2ccccc2C(F)(F)F)CC1. The second kappa shape index (κ2) is 7.62. The lowest BCUT2D eigenvalue weighted by atomic mass is 9.98. The Morgan fingerprint density at radius 3 is 2.31 bits per heavy atom. The first-order valence-electron chi connectivity index (χ1n) is 7.65. The monoisotopic (exact) mass is 394 g/mol. The Morgan fingerprint density at radius 1 is 1.19 bits per heavy atom. The fourth-order valence-electron chi connectivity index (χ4n) is 2.66. The summed E-state index contributed by atoms with van der Waals surface area (Å²) in [5.41, 5.74) is 3.63. The van der Waals surface area contributed by atoms with Crippen molar-refractivity contribution in [1.82, 2.24) is 4.31 Å². The van der Waals surface area contributed by atoms with Crippen LogP contribution in [0, 0.1) is 5.92 Å². The van der Waals surface area contributed by atoms with Crippen LogP contribution in [0.5, 0.6) is 0 Å². The van der Waals surface area contributed by atoms with Gasteiger partial charge in [-0.1, -0.05) is 12.1 Å². The maximum atomic E-state index is 13.1. The summed E-state index contributed by atoms with van der Waals surface area (Å²) in [6, 6.07) is 3.95. The van der Waals surface area contributed by atoms with E-state index in [0.29, 0.717) is 6.07 Å². The summed E-state index contributed by atoms with van der Waals surface area (Å²) < 4.78 is 70.0. The Balaban J connectivity index is 2.12. The molecule has 2 rings (SSSR count). The summed E-state index contributed by atoms with van der Waals surface area (Å²) in [5, 5.41) is 0. The van der Waals surface area contributed by atoms with Crippen molar-refractivity contribution in [3.05, 3.63) is 29.8 Å². The molecule has 11 heteroatoms. The minimum atomic E-state index is -4.81. The van der Waals surface area contributed by atoms with E-state index in [9.17, 15) is 31.2 Å². The highest BCUT2D eigenvalue weighted by Crippen LogP contribution is 2.36. The smallest absolute Gasteiger partial charge is 0.417 e. The largest absolute Gasteiger partial charge is 0.455 e. The molecule has 26 heavy (non-hydrogen) atoms. The van der Waals surface area contributed by atoms with Crippen LogP contribution in [0.3, 0.4) is 0 Å². The Kier molecular flexibility index (Phi) is 5.91. The lowest BCUT2D eigenvalue weighted by Gasteiger charge is -2.30. The second-order valence-corrected chi connectivity index (χ2v) is 7.65. The molecular formula is C15H17F3N2O5S. The highest BCUT2D eigenvalue weighted by molar-refractivity contribution is 7.89. The minimum Gasteiger partial charge on any atom is -0.455 e. The van der Waals surface area contributed by atoms with Gasteiger partial charge in [-0.2, -0.15) is 17.5 Å². The van der Waals surface area contributed by atoms with E-state index in [1.807, 2.05) is 0 Å². The van der Waals surface area contributed by atoms with Crippen LogP contribution in [-0.2, 0) is 30.5 Å². The molecule has 1 saturated heterocycles. The number of amides is 1. The fraction of sp³-hybridized carbons (Fsp3) is 0.467. The number of ether oxygens (including phenoxy) is 1. The predicted octanol–water partition coefficient (Wildman–Crippen LogP) is 1.13. The summed E-state index contributed by atoms with van der Waals surface area (Å²) in [7, 11) is -4.36. The zero-order chi connectivity index (χ0) is 19.5. The van der Waals surface area contributed by atoms with Gasteiger partial charge in [0.25, 0.3) is 5.91 Å². The summed E-state index contributed by atoms with van der Waals surface area (Å²) >= 11 is 0. The number of carbonyl (C=O) groups excluding carboxylic acids is 2. The molecule has 7 nitrogen and oxygen atoms in total. The molecular weight excluding hydrogens is 377 g/mol. The van der Waals surface area contributed by atoms with E-state index in [-0.39, 0.29) is 25.9 Å². The summed E-state index contributed by atoms with van der Waals surface area (Å²) in [6.45, 7) is -0.841. The highest BCUT2D eigenvalue weighted by Gasteiger charge is 2.40. The zero-order valence-corrected chi connectivity index (χ0v) is 14.3. The van der Waals surface area contributed by atoms with Gasteiger partial charge in [-0.15, -0.1) is 0 Å². The van der Waals surface area contributed by atoms with Gasteiger partial charge < -0.3 is 10.5 Å². The molecule has 0 saturated carbocycles.